The Balaban J connectivity index is 1.44. The van der Waals surface area contributed by atoms with Crippen molar-refractivity contribution in [3.8, 4) is 11.3 Å². The molecule has 19 heteroatoms. The van der Waals surface area contributed by atoms with Crippen LogP contribution < -0.4 is 5.32 Å². The number of aliphatic hydroxyl groups excluding tert-OH is 1. The van der Waals surface area contributed by atoms with E-state index in [9.17, 15) is 45.8 Å². The third-order valence-electron chi connectivity index (χ3n) is 9.57. The lowest BCUT2D eigenvalue weighted by Crippen LogP contribution is -2.63. The highest BCUT2D eigenvalue weighted by Gasteiger charge is 2.53. The fraction of sp³-hybridized carbons (Fsp3) is 0.457. The summed E-state index contributed by atoms with van der Waals surface area (Å²) < 4.78 is 118. The fourth-order valence-corrected chi connectivity index (χ4v) is 6.66. The third kappa shape index (κ3) is 8.34. The number of unbranched alkanes of at least 4 members (excludes halogenated alkanes) is 2. The topological polar surface area (TPSA) is 145 Å². The zero-order chi connectivity index (χ0) is 39.6. The maximum absolute atomic E-state index is 15.5. The van der Waals surface area contributed by atoms with Gasteiger partial charge in [0.1, 0.15) is 29.1 Å². The second-order valence-corrected chi connectivity index (χ2v) is 13.0. The van der Waals surface area contributed by atoms with E-state index in [1.54, 1.807) is 0 Å². The van der Waals surface area contributed by atoms with Crippen molar-refractivity contribution in [1.29, 1.82) is 0 Å². The maximum atomic E-state index is 15.5. The van der Waals surface area contributed by atoms with Crippen molar-refractivity contribution in [2.75, 3.05) is 25.5 Å². The molecule has 2 heterocycles. The number of aliphatic hydroxyl groups is 1. The minimum Gasteiger partial charge on any atom is -0.509 e. The van der Waals surface area contributed by atoms with Crippen molar-refractivity contribution in [2.45, 2.75) is 81.6 Å². The number of amides is 2. The van der Waals surface area contributed by atoms with Gasteiger partial charge in [-0.3, -0.25) is 19.4 Å². The number of carboxylic acid groups (broad SMARTS) is 1. The van der Waals surface area contributed by atoms with Crippen LogP contribution in [0.2, 0.25) is 0 Å². The van der Waals surface area contributed by atoms with E-state index < -0.39 is 94.1 Å². The van der Waals surface area contributed by atoms with E-state index in [1.807, 2.05) is 0 Å². The summed E-state index contributed by atoms with van der Waals surface area (Å²) in [6, 6.07) is 2.16. The Morgan fingerprint density at radius 1 is 0.981 bits per heavy atom. The molecule has 11 nitrogen and oxygen atoms in total. The number of hydrogen-bond donors (Lipinski definition) is 3. The van der Waals surface area contributed by atoms with Gasteiger partial charge in [0.05, 0.1) is 35.6 Å². The van der Waals surface area contributed by atoms with Crippen LogP contribution in [0.5, 0.6) is 0 Å². The quantitative estimate of drug-likeness (QED) is 0.117. The summed E-state index contributed by atoms with van der Waals surface area (Å²) in [4.78, 5) is 45.3. The van der Waals surface area contributed by atoms with Crippen LogP contribution in [0.25, 0.3) is 11.3 Å². The highest BCUT2D eigenvalue weighted by molar-refractivity contribution is 6.24. The Labute approximate surface area is 303 Å². The molecule has 292 valence electrons. The first-order chi connectivity index (χ1) is 25.3. The molecule has 1 saturated carbocycles. The van der Waals surface area contributed by atoms with Gasteiger partial charge in [0.15, 0.2) is 12.3 Å². The van der Waals surface area contributed by atoms with Crippen LogP contribution in [0.3, 0.4) is 0 Å². The van der Waals surface area contributed by atoms with Crippen LogP contribution in [0.4, 0.5) is 40.8 Å². The number of hydrazine groups is 1. The molecule has 2 aromatic rings. The molecule has 1 spiro atoms. The Morgan fingerprint density at radius 2 is 1.69 bits per heavy atom. The number of nitrogens with one attached hydrogen (secondary N) is 1. The minimum absolute atomic E-state index is 0.00153. The number of aliphatic carboxylic acids is 1. The zero-order valence-corrected chi connectivity index (χ0v) is 28.6. The van der Waals surface area contributed by atoms with Crippen LogP contribution in [0.15, 0.2) is 65.4 Å². The monoisotopic (exact) mass is 773 g/mol. The summed E-state index contributed by atoms with van der Waals surface area (Å²) in [5, 5.41) is 24.8. The van der Waals surface area contributed by atoms with E-state index >= 15 is 8.78 Å². The second kappa shape index (κ2) is 15.7. The Morgan fingerprint density at radius 3 is 2.33 bits per heavy atom. The summed E-state index contributed by atoms with van der Waals surface area (Å²) in [5.74, 6) is -4.44. The van der Waals surface area contributed by atoms with Gasteiger partial charge in [0.25, 0.3) is 11.8 Å². The highest BCUT2D eigenvalue weighted by Crippen LogP contribution is 2.45. The van der Waals surface area contributed by atoms with Gasteiger partial charge in [-0.05, 0) is 68.0 Å². The van der Waals surface area contributed by atoms with E-state index in [4.69, 9.17) is 9.84 Å². The lowest BCUT2D eigenvalue weighted by molar-refractivity contribution is -0.159. The lowest BCUT2D eigenvalue weighted by Gasteiger charge is -2.49. The van der Waals surface area contributed by atoms with Gasteiger partial charge in [-0.1, -0.05) is 18.9 Å². The predicted octanol–water partition coefficient (Wildman–Crippen LogP) is 7.10. The standard InChI is InChI=1S/C35H35F8N5O6/c1-47-33(12-4-5-13-33)30(51)27(32(53)48(47)17-19-8-11-24(29(37)28(19)36)54-14-6-2-3-7-26(49)50)31(52)46-22-10-9-20(34(38,39)40)15-21(22)23-16-25(35(41,42)43)45-18-44-23/h8-11,15-16,18,28-29,51H,2-7,12-14,17H2,1H3,(H,46,52)(H,49,50). The summed E-state index contributed by atoms with van der Waals surface area (Å²) in [5.41, 5.74) is -6.95. The van der Waals surface area contributed by atoms with Crippen molar-refractivity contribution >= 4 is 23.5 Å². The molecule has 1 aromatic heterocycles. The Kier molecular flexibility index (Phi) is 11.7. The normalized spacial score (nSPS) is 20.6. The molecule has 3 aliphatic rings. The number of aromatic nitrogens is 2. The maximum Gasteiger partial charge on any atom is 0.433 e. The average molecular weight is 774 g/mol. The van der Waals surface area contributed by atoms with E-state index in [0.717, 1.165) is 11.1 Å². The molecule has 2 aliphatic carbocycles. The molecule has 0 bridgehead atoms. The predicted molar refractivity (Wildman–Crippen MR) is 174 cm³/mol. The number of hydrogen-bond acceptors (Lipinski definition) is 8. The zero-order valence-electron chi connectivity index (χ0n) is 28.6. The minimum atomic E-state index is -5.00. The molecule has 2 unspecified atom stereocenters. The number of carboxylic acids is 1. The van der Waals surface area contributed by atoms with Crippen LogP contribution in [0, 0.1) is 0 Å². The molecule has 2 amide bonds. The number of carbonyl (C=O) groups excluding carboxylic acids is 2. The van der Waals surface area contributed by atoms with E-state index in [0.29, 0.717) is 56.6 Å². The average Bonchev–Trinajstić information content (AvgIpc) is 3.61. The van der Waals surface area contributed by atoms with Gasteiger partial charge in [0.2, 0.25) is 0 Å². The van der Waals surface area contributed by atoms with Gasteiger partial charge in [-0.25, -0.2) is 23.8 Å². The number of rotatable bonds is 12. The molecule has 3 N–H and O–H groups in total. The number of halogens is 8. The molecule has 1 fully saturated rings. The molecule has 0 radical (unpaired) electrons. The van der Waals surface area contributed by atoms with Crippen LogP contribution in [-0.2, 0) is 31.5 Å². The van der Waals surface area contributed by atoms with Gasteiger partial charge in [-0.15, -0.1) is 0 Å². The van der Waals surface area contributed by atoms with Crippen LogP contribution in [-0.4, -0.2) is 86.1 Å². The summed E-state index contributed by atoms with van der Waals surface area (Å²) in [6.45, 7) is -0.587. The third-order valence-corrected chi connectivity index (χ3v) is 9.57. The van der Waals surface area contributed by atoms with Crippen molar-refractivity contribution in [3.05, 3.63) is 76.7 Å². The molecular formula is C35H35F8N5O6. The van der Waals surface area contributed by atoms with Crippen molar-refractivity contribution in [1.82, 2.24) is 20.0 Å². The number of allylic oxidation sites excluding steroid dienone is 3. The first-order valence-electron chi connectivity index (χ1n) is 16.8. The molecule has 2 atom stereocenters. The second-order valence-electron chi connectivity index (χ2n) is 13.0. The van der Waals surface area contributed by atoms with Crippen molar-refractivity contribution < 1.29 is 64.5 Å². The molecule has 1 aliphatic heterocycles. The van der Waals surface area contributed by atoms with Crippen molar-refractivity contribution in [3.63, 3.8) is 0 Å². The fourth-order valence-electron chi connectivity index (χ4n) is 6.66. The highest BCUT2D eigenvalue weighted by atomic mass is 19.4. The molecule has 54 heavy (non-hydrogen) atoms. The molecular weight excluding hydrogens is 738 g/mol. The smallest absolute Gasteiger partial charge is 0.433 e. The van der Waals surface area contributed by atoms with Gasteiger partial charge >= 0.3 is 18.3 Å². The SMILES string of the molecule is CN1N(CC2=CC=C(OCCCCCC(=O)O)C(F)C2F)C(=O)C(C(=O)Nc2ccc(C(F)(F)F)cc2-c2cc(C(F)(F)F)ncn2)=C(O)C12CCCC2. The number of anilines is 1. The van der Waals surface area contributed by atoms with Gasteiger partial charge in [-0.2, -0.15) is 26.3 Å². The van der Waals surface area contributed by atoms with Crippen LogP contribution in [0.1, 0.15) is 62.6 Å². The van der Waals surface area contributed by atoms with Gasteiger partial charge in [0, 0.05) is 19.0 Å². The number of benzene rings is 1. The first-order valence-corrected chi connectivity index (χ1v) is 16.8. The summed E-state index contributed by atoms with van der Waals surface area (Å²) >= 11 is 0. The van der Waals surface area contributed by atoms with Crippen LogP contribution >= 0.6 is 0 Å². The summed E-state index contributed by atoms with van der Waals surface area (Å²) in [7, 11) is 1.42. The largest absolute Gasteiger partial charge is 0.509 e. The van der Waals surface area contributed by atoms with E-state index in [-0.39, 0.29) is 37.2 Å². The van der Waals surface area contributed by atoms with Gasteiger partial charge < -0.3 is 20.3 Å². The van der Waals surface area contributed by atoms with Crippen molar-refractivity contribution in [2.24, 2.45) is 0 Å². The molecule has 5 rings (SSSR count). The number of ether oxygens (including phenoxy) is 1. The number of likely N-dealkylation sites (N-methyl/N-ethyl adjacent to an activating group) is 1. The number of nitrogens with zero attached hydrogens (tertiary/aromatic N) is 4. The first kappa shape index (κ1) is 40.1. The summed E-state index contributed by atoms with van der Waals surface area (Å²) in [6.07, 6.45) is -8.91. The Bertz CT molecular complexity index is 1870. The van der Waals surface area contributed by atoms with E-state index in [1.165, 1.54) is 24.2 Å². The van der Waals surface area contributed by atoms with E-state index in [2.05, 4.69) is 15.3 Å². The number of alkyl halides is 8. The lowest BCUT2D eigenvalue weighted by atomic mass is 9.87. The number of carbonyl (C=O) groups is 3. The molecule has 1 aromatic carbocycles. The Hall–Kier alpha value is -5.07. The molecule has 0 saturated heterocycles.